The molecular weight excluding hydrogens is 507 g/mol. The summed E-state index contributed by atoms with van der Waals surface area (Å²) in [6.07, 6.45) is 14.3. The minimum absolute atomic E-state index is 0.372. The fourth-order valence-corrected chi connectivity index (χ4v) is 4.44. The molecule has 0 bridgehead atoms. The first-order chi connectivity index (χ1) is 19.4. The van der Waals surface area contributed by atoms with E-state index in [1.807, 2.05) is 56.3 Å². The molecule has 1 aliphatic heterocycles. The molecule has 0 unspecified atom stereocenters. The monoisotopic (exact) mass is 538 g/mol. The third kappa shape index (κ3) is 6.71. The van der Waals surface area contributed by atoms with E-state index in [4.69, 9.17) is 9.84 Å². The number of allylic oxidation sites excluding steroid dienone is 5. The van der Waals surface area contributed by atoms with Gasteiger partial charge in [-0.2, -0.15) is 5.10 Å². The molecule has 0 saturated carbocycles. The lowest BCUT2D eigenvalue weighted by Crippen LogP contribution is -2.22. The Morgan fingerprint density at radius 2 is 2.02 bits per heavy atom. The molecule has 0 aliphatic carbocycles. The van der Waals surface area contributed by atoms with Crippen molar-refractivity contribution in [3.8, 4) is 0 Å². The van der Waals surface area contributed by atoms with Gasteiger partial charge in [0.05, 0.1) is 23.6 Å². The van der Waals surface area contributed by atoms with Crippen LogP contribution in [0.5, 0.6) is 0 Å². The number of benzene rings is 2. The first-order valence-electron chi connectivity index (χ1n) is 12.9. The summed E-state index contributed by atoms with van der Waals surface area (Å²) in [5.41, 5.74) is 5.12. The van der Waals surface area contributed by atoms with Crippen molar-refractivity contribution in [2.24, 2.45) is 4.99 Å². The average Bonchev–Trinajstić information content (AvgIpc) is 3.45. The van der Waals surface area contributed by atoms with Crippen LogP contribution in [0, 0.1) is 5.82 Å². The maximum Gasteiger partial charge on any atom is 0.328 e. The van der Waals surface area contributed by atoms with Crippen molar-refractivity contribution in [3.05, 3.63) is 125 Å². The number of rotatable bonds is 10. The molecule has 7 nitrogen and oxygen atoms in total. The molecule has 0 fully saturated rings. The number of H-pyrrole nitrogens is 1. The summed E-state index contributed by atoms with van der Waals surface area (Å²) in [6.45, 7) is 8.28. The highest BCUT2D eigenvalue weighted by Gasteiger charge is 2.19. The van der Waals surface area contributed by atoms with E-state index >= 15 is 4.39 Å². The molecule has 4 rings (SSSR count). The Balaban J connectivity index is 1.87. The summed E-state index contributed by atoms with van der Waals surface area (Å²) in [7, 11) is 0. The molecule has 1 aromatic heterocycles. The molecule has 1 aliphatic rings. The molecule has 3 aromatic rings. The largest absolute Gasteiger partial charge is 0.478 e. The molecule has 2 heterocycles. The first-order valence-corrected chi connectivity index (χ1v) is 12.9. The molecule has 0 atom stereocenters. The maximum absolute atomic E-state index is 16.0. The van der Waals surface area contributed by atoms with Gasteiger partial charge < -0.3 is 15.2 Å². The number of aliphatic carboxylic acids is 1. The summed E-state index contributed by atoms with van der Waals surface area (Å²) in [5, 5.41) is 19.3. The molecule has 0 saturated heterocycles. The van der Waals surface area contributed by atoms with Gasteiger partial charge in [-0.15, -0.1) is 6.58 Å². The van der Waals surface area contributed by atoms with Crippen molar-refractivity contribution < 1.29 is 19.0 Å². The summed E-state index contributed by atoms with van der Waals surface area (Å²) >= 11 is 0. The fourth-order valence-electron chi connectivity index (χ4n) is 4.44. The zero-order valence-electron chi connectivity index (χ0n) is 22.4. The Kier molecular flexibility index (Phi) is 9.25. The SMILES string of the molecule is C=CC\C=C(/C=C(C)/C(CC)=C(\c1ccc(/C=C/C(=O)O)cc1)c1ccc2[nH]ncc2c1F)OC1=NC=CNC1. The van der Waals surface area contributed by atoms with Crippen LogP contribution in [0.25, 0.3) is 22.6 Å². The first kappa shape index (κ1) is 28.0. The van der Waals surface area contributed by atoms with Crippen molar-refractivity contribution in [2.75, 3.05) is 6.54 Å². The predicted octanol–water partition coefficient (Wildman–Crippen LogP) is 6.91. The lowest BCUT2D eigenvalue weighted by atomic mass is 9.87. The molecule has 40 heavy (non-hydrogen) atoms. The van der Waals surface area contributed by atoms with Crippen molar-refractivity contribution in [3.63, 3.8) is 0 Å². The van der Waals surface area contributed by atoms with E-state index < -0.39 is 5.97 Å². The van der Waals surface area contributed by atoms with Crippen LogP contribution in [0.1, 0.15) is 43.4 Å². The standard InChI is InChI=1S/C32H31FN4O3/c1-4-6-7-24(40-29-20-34-16-17-35-29)18-21(3)25(5-2)31(23-11-8-22(9-12-23)10-15-30(38)39)26-13-14-28-27(32(26)33)19-36-37-28/h4,7-19,34H,1,5-6,20H2,2-3H3,(H,36,37)(H,38,39)/b15-10+,21-18+,24-7+,31-25+. The van der Waals surface area contributed by atoms with Crippen LogP contribution >= 0.6 is 0 Å². The summed E-state index contributed by atoms with van der Waals surface area (Å²) in [4.78, 5) is 15.2. The number of halogens is 1. The number of aromatic amines is 1. The van der Waals surface area contributed by atoms with E-state index in [1.165, 1.54) is 12.3 Å². The van der Waals surface area contributed by atoms with Gasteiger partial charge >= 0.3 is 5.97 Å². The normalized spacial score (nSPS) is 14.6. The van der Waals surface area contributed by atoms with Gasteiger partial charge in [0.1, 0.15) is 11.6 Å². The molecule has 0 spiro atoms. The van der Waals surface area contributed by atoms with Gasteiger partial charge in [0.2, 0.25) is 5.90 Å². The topological polar surface area (TPSA) is 99.6 Å². The molecule has 204 valence electrons. The Labute approximate surface area is 232 Å². The highest BCUT2D eigenvalue weighted by atomic mass is 19.1. The Hall–Kier alpha value is -4.98. The van der Waals surface area contributed by atoms with Gasteiger partial charge in [-0.25, -0.2) is 14.2 Å². The second-order valence-electron chi connectivity index (χ2n) is 9.04. The third-order valence-corrected chi connectivity index (χ3v) is 6.32. The zero-order valence-corrected chi connectivity index (χ0v) is 22.4. The Bertz CT molecular complexity index is 1590. The molecular formula is C32H31FN4O3. The number of fused-ring (bicyclic) bond motifs is 1. The van der Waals surface area contributed by atoms with Crippen LogP contribution in [-0.4, -0.2) is 33.7 Å². The number of ether oxygens (including phenoxy) is 1. The number of aromatic nitrogens is 2. The third-order valence-electron chi connectivity index (χ3n) is 6.32. The second kappa shape index (κ2) is 13.2. The molecule has 0 radical (unpaired) electrons. The van der Waals surface area contributed by atoms with Crippen molar-refractivity contribution in [1.82, 2.24) is 15.5 Å². The summed E-state index contributed by atoms with van der Waals surface area (Å²) in [6, 6.07) is 11.0. The van der Waals surface area contributed by atoms with Crippen LogP contribution in [0.3, 0.4) is 0 Å². The zero-order chi connectivity index (χ0) is 28.5. The van der Waals surface area contributed by atoms with Gasteiger partial charge in [-0.3, -0.25) is 5.10 Å². The second-order valence-corrected chi connectivity index (χ2v) is 9.04. The van der Waals surface area contributed by atoms with Gasteiger partial charge in [0, 0.05) is 24.0 Å². The number of carbonyl (C=O) groups is 1. The fraction of sp³-hybridized carbons (Fsp3) is 0.156. The highest BCUT2D eigenvalue weighted by molar-refractivity contribution is 5.91. The summed E-state index contributed by atoms with van der Waals surface area (Å²) < 4.78 is 22.1. The van der Waals surface area contributed by atoms with Crippen LogP contribution in [0.2, 0.25) is 0 Å². The number of aliphatic imine (C=N–C) groups is 1. The number of carboxylic acids is 1. The van der Waals surface area contributed by atoms with Crippen LogP contribution < -0.4 is 5.32 Å². The van der Waals surface area contributed by atoms with E-state index in [2.05, 4.69) is 27.1 Å². The molecule has 8 heteroatoms. The van der Waals surface area contributed by atoms with E-state index in [0.717, 1.165) is 33.9 Å². The highest BCUT2D eigenvalue weighted by Crippen LogP contribution is 2.36. The van der Waals surface area contributed by atoms with Gasteiger partial charge in [-0.05, 0) is 78.0 Å². The number of hydrogen-bond acceptors (Lipinski definition) is 5. The van der Waals surface area contributed by atoms with Crippen molar-refractivity contribution >= 4 is 34.4 Å². The Morgan fingerprint density at radius 3 is 2.70 bits per heavy atom. The van der Waals surface area contributed by atoms with Crippen LogP contribution in [-0.2, 0) is 9.53 Å². The number of hydrogen-bond donors (Lipinski definition) is 3. The number of nitrogens with one attached hydrogen (secondary N) is 2. The lowest BCUT2D eigenvalue weighted by Gasteiger charge is -2.19. The molecule has 3 N–H and O–H groups in total. The number of carboxylic acid groups (broad SMARTS) is 1. The van der Waals surface area contributed by atoms with Crippen molar-refractivity contribution in [1.29, 1.82) is 0 Å². The smallest absolute Gasteiger partial charge is 0.328 e. The predicted molar refractivity (Wildman–Crippen MR) is 158 cm³/mol. The van der Waals surface area contributed by atoms with E-state index in [9.17, 15) is 4.79 Å². The lowest BCUT2D eigenvalue weighted by molar-refractivity contribution is -0.131. The van der Waals surface area contributed by atoms with Gasteiger partial charge in [0.25, 0.3) is 0 Å². The van der Waals surface area contributed by atoms with Crippen LogP contribution in [0.15, 0.2) is 108 Å². The minimum Gasteiger partial charge on any atom is -0.478 e. The van der Waals surface area contributed by atoms with Crippen LogP contribution in [0.4, 0.5) is 4.39 Å². The minimum atomic E-state index is -1.03. The van der Waals surface area contributed by atoms with E-state index in [0.29, 0.717) is 47.5 Å². The summed E-state index contributed by atoms with van der Waals surface area (Å²) in [5.74, 6) is -0.255. The average molecular weight is 539 g/mol. The quantitative estimate of drug-likeness (QED) is 0.113. The molecule has 2 aromatic carbocycles. The Morgan fingerprint density at radius 1 is 1.23 bits per heavy atom. The number of nitrogens with zero attached hydrogens (tertiary/aromatic N) is 2. The van der Waals surface area contributed by atoms with Crippen molar-refractivity contribution in [2.45, 2.75) is 26.7 Å². The van der Waals surface area contributed by atoms with E-state index in [-0.39, 0.29) is 5.82 Å². The van der Waals surface area contributed by atoms with E-state index in [1.54, 1.807) is 24.5 Å². The van der Waals surface area contributed by atoms with Gasteiger partial charge in [0.15, 0.2) is 0 Å². The maximum atomic E-state index is 16.0. The molecule has 0 amide bonds. The van der Waals surface area contributed by atoms with Gasteiger partial charge in [-0.1, -0.05) is 37.3 Å².